The number of benzene rings is 2. The standard InChI is InChI=1S/C16H14Br2F2N2O/c1-21-6-7-22(15-5-3-11(18)9-14(15)20)16(23)12-4-2-10(17)8-13(12)19/h2-5,8-9,21H,6-7H2,1H3. The van der Waals surface area contributed by atoms with Gasteiger partial charge in [0.15, 0.2) is 0 Å². The number of carbonyl (C=O) groups is 1. The van der Waals surface area contributed by atoms with E-state index in [1.807, 2.05) is 0 Å². The molecule has 2 aromatic carbocycles. The summed E-state index contributed by atoms with van der Waals surface area (Å²) in [7, 11) is 1.72. The molecule has 23 heavy (non-hydrogen) atoms. The number of hydrogen-bond donors (Lipinski definition) is 1. The molecule has 0 heterocycles. The highest BCUT2D eigenvalue weighted by atomic mass is 79.9. The van der Waals surface area contributed by atoms with Crippen molar-refractivity contribution in [3.63, 3.8) is 0 Å². The second-order valence-corrected chi connectivity index (χ2v) is 6.61. The molecule has 2 aromatic rings. The van der Waals surface area contributed by atoms with Gasteiger partial charge in [-0.2, -0.15) is 0 Å². The fourth-order valence-electron chi connectivity index (χ4n) is 2.06. The van der Waals surface area contributed by atoms with Crippen LogP contribution in [0.25, 0.3) is 0 Å². The lowest BCUT2D eigenvalue weighted by atomic mass is 10.1. The molecule has 0 unspecified atom stereocenters. The Balaban J connectivity index is 2.43. The number of rotatable bonds is 5. The molecule has 1 N–H and O–H groups in total. The lowest BCUT2D eigenvalue weighted by molar-refractivity contribution is 0.0982. The predicted octanol–water partition coefficient (Wildman–Crippen LogP) is 4.36. The number of amides is 1. The highest BCUT2D eigenvalue weighted by Gasteiger charge is 2.23. The summed E-state index contributed by atoms with van der Waals surface area (Å²) in [5, 5.41) is 2.90. The molecule has 3 nitrogen and oxygen atoms in total. The van der Waals surface area contributed by atoms with Crippen LogP contribution < -0.4 is 10.2 Å². The summed E-state index contributed by atoms with van der Waals surface area (Å²) in [6, 6.07) is 8.56. The topological polar surface area (TPSA) is 32.3 Å². The van der Waals surface area contributed by atoms with Gasteiger partial charge in [-0.25, -0.2) is 8.78 Å². The average molecular weight is 448 g/mol. The number of nitrogens with zero attached hydrogens (tertiary/aromatic N) is 1. The van der Waals surface area contributed by atoms with E-state index in [0.29, 0.717) is 15.5 Å². The molecule has 0 spiro atoms. The van der Waals surface area contributed by atoms with Gasteiger partial charge in [0.1, 0.15) is 11.6 Å². The second-order valence-electron chi connectivity index (χ2n) is 4.78. The van der Waals surface area contributed by atoms with Crippen LogP contribution >= 0.6 is 31.9 Å². The van der Waals surface area contributed by atoms with Gasteiger partial charge >= 0.3 is 0 Å². The van der Waals surface area contributed by atoms with Crippen LogP contribution in [0.15, 0.2) is 45.3 Å². The van der Waals surface area contributed by atoms with Crippen molar-refractivity contribution in [3.05, 3.63) is 62.5 Å². The fourth-order valence-corrected chi connectivity index (χ4v) is 2.73. The molecule has 0 atom stereocenters. The van der Waals surface area contributed by atoms with Gasteiger partial charge < -0.3 is 10.2 Å². The zero-order chi connectivity index (χ0) is 17.0. The van der Waals surface area contributed by atoms with Gasteiger partial charge in [-0.05, 0) is 43.4 Å². The molecular weight excluding hydrogens is 434 g/mol. The zero-order valence-corrected chi connectivity index (χ0v) is 15.4. The number of halogens is 4. The van der Waals surface area contributed by atoms with E-state index in [0.717, 1.165) is 0 Å². The SMILES string of the molecule is CNCCN(C(=O)c1ccc(Br)cc1F)c1ccc(Br)cc1F. The number of carbonyl (C=O) groups excluding carboxylic acids is 1. The molecule has 0 radical (unpaired) electrons. The van der Waals surface area contributed by atoms with E-state index in [4.69, 9.17) is 0 Å². The van der Waals surface area contributed by atoms with E-state index in [9.17, 15) is 13.6 Å². The number of anilines is 1. The van der Waals surface area contributed by atoms with Crippen molar-refractivity contribution in [2.24, 2.45) is 0 Å². The van der Waals surface area contributed by atoms with Crippen LogP contribution in [-0.2, 0) is 0 Å². The van der Waals surface area contributed by atoms with Crippen LogP contribution in [0.5, 0.6) is 0 Å². The predicted molar refractivity (Wildman–Crippen MR) is 93.8 cm³/mol. The normalized spacial score (nSPS) is 10.7. The third-order valence-corrected chi connectivity index (χ3v) is 4.18. The maximum atomic E-state index is 14.2. The van der Waals surface area contributed by atoms with Crippen molar-refractivity contribution in [1.29, 1.82) is 0 Å². The van der Waals surface area contributed by atoms with E-state index in [1.165, 1.54) is 29.2 Å². The monoisotopic (exact) mass is 446 g/mol. The molecule has 7 heteroatoms. The van der Waals surface area contributed by atoms with E-state index in [1.54, 1.807) is 19.2 Å². The Labute approximate surface area is 149 Å². The molecule has 0 aliphatic carbocycles. The molecule has 122 valence electrons. The molecular formula is C16H14Br2F2N2O. The summed E-state index contributed by atoms with van der Waals surface area (Å²) in [4.78, 5) is 13.9. The Kier molecular flexibility index (Phi) is 6.26. The number of nitrogens with one attached hydrogen (secondary N) is 1. The van der Waals surface area contributed by atoms with Crippen LogP contribution in [0.3, 0.4) is 0 Å². The summed E-state index contributed by atoms with van der Waals surface area (Å²) >= 11 is 6.33. The molecule has 0 bridgehead atoms. The van der Waals surface area contributed by atoms with Crippen molar-refractivity contribution >= 4 is 43.5 Å². The molecule has 1 amide bonds. The minimum Gasteiger partial charge on any atom is -0.318 e. The van der Waals surface area contributed by atoms with Gasteiger partial charge in [0.25, 0.3) is 5.91 Å². The third kappa shape index (κ3) is 4.37. The third-order valence-electron chi connectivity index (χ3n) is 3.19. The van der Waals surface area contributed by atoms with Crippen LogP contribution in [0.1, 0.15) is 10.4 Å². The minimum absolute atomic E-state index is 0.105. The summed E-state index contributed by atoms with van der Waals surface area (Å²) in [5.74, 6) is -1.80. The van der Waals surface area contributed by atoms with Gasteiger partial charge in [-0.15, -0.1) is 0 Å². The first-order chi connectivity index (χ1) is 10.9. The molecule has 0 aliphatic heterocycles. The minimum atomic E-state index is -0.656. The van der Waals surface area contributed by atoms with Crippen molar-refractivity contribution in [2.45, 2.75) is 0 Å². The molecule has 0 saturated heterocycles. The molecule has 2 rings (SSSR count). The first-order valence-electron chi connectivity index (χ1n) is 6.80. The van der Waals surface area contributed by atoms with Crippen molar-refractivity contribution in [3.8, 4) is 0 Å². The summed E-state index contributed by atoms with van der Waals surface area (Å²) < 4.78 is 29.4. The summed E-state index contributed by atoms with van der Waals surface area (Å²) in [6.45, 7) is 0.656. The fraction of sp³-hybridized carbons (Fsp3) is 0.188. The Morgan fingerprint density at radius 3 is 2.26 bits per heavy atom. The van der Waals surface area contributed by atoms with Crippen LogP contribution in [0, 0.1) is 11.6 Å². The molecule has 0 aliphatic rings. The average Bonchev–Trinajstić information content (AvgIpc) is 2.49. The van der Waals surface area contributed by atoms with E-state index in [2.05, 4.69) is 37.2 Å². The Hall–Kier alpha value is -1.31. The lowest BCUT2D eigenvalue weighted by Gasteiger charge is -2.23. The van der Waals surface area contributed by atoms with Crippen LogP contribution in [0.4, 0.5) is 14.5 Å². The van der Waals surface area contributed by atoms with Crippen LogP contribution in [-0.4, -0.2) is 26.0 Å². The highest BCUT2D eigenvalue weighted by Crippen LogP contribution is 2.26. The first-order valence-corrected chi connectivity index (χ1v) is 8.39. The summed E-state index contributed by atoms with van der Waals surface area (Å²) in [5.41, 5.74) is 0.00221. The van der Waals surface area contributed by atoms with Gasteiger partial charge in [-0.1, -0.05) is 31.9 Å². The van der Waals surface area contributed by atoms with Gasteiger partial charge in [-0.3, -0.25) is 4.79 Å². The van der Waals surface area contributed by atoms with E-state index >= 15 is 0 Å². The largest absolute Gasteiger partial charge is 0.318 e. The smallest absolute Gasteiger partial charge is 0.261 e. The molecule has 0 saturated carbocycles. The Morgan fingerprint density at radius 1 is 1.09 bits per heavy atom. The first kappa shape index (κ1) is 18.0. The van der Waals surface area contributed by atoms with Crippen LogP contribution in [0.2, 0.25) is 0 Å². The van der Waals surface area contributed by atoms with E-state index < -0.39 is 17.5 Å². The maximum absolute atomic E-state index is 14.2. The Morgan fingerprint density at radius 2 is 1.70 bits per heavy atom. The highest BCUT2D eigenvalue weighted by molar-refractivity contribution is 9.10. The lowest BCUT2D eigenvalue weighted by Crippen LogP contribution is -2.37. The second kappa shape index (κ2) is 7.99. The molecule has 0 fully saturated rings. The quantitative estimate of drug-likeness (QED) is 0.738. The zero-order valence-electron chi connectivity index (χ0n) is 12.2. The van der Waals surface area contributed by atoms with Crippen molar-refractivity contribution in [2.75, 3.05) is 25.0 Å². The van der Waals surface area contributed by atoms with E-state index in [-0.39, 0.29) is 17.8 Å². The molecule has 0 aromatic heterocycles. The maximum Gasteiger partial charge on any atom is 0.261 e. The van der Waals surface area contributed by atoms with Gasteiger partial charge in [0.2, 0.25) is 0 Å². The van der Waals surface area contributed by atoms with Crippen molar-refractivity contribution < 1.29 is 13.6 Å². The van der Waals surface area contributed by atoms with Crippen molar-refractivity contribution in [1.82, 2.24) is 5.32 Å². The number of hydrogen-bond acceptors (Lipinski definition) is 2. The summed E-state index contributed by atoms with van der Waals surface area (Å²) in [6.07, 6.45) is 0. The van der Waals surface area contributed by atoms with Gasteiger partial charge in [0, 0.05) is 22.0 Å². The van der Waals surface area contributed by atoms with Gasteiger partial charge in [0.05, 0.1) is 11.3 Å². The number of likely N-dealkylation sites (N-methyl/N-ethyl adjacent to an activating group) is 1. The Bertz CT molecular complexity index is 725.